The summed E-state index contributed by atoms with van der Waals surface area (Å²) in [6.07, 6.45) is 0. The number of halogens is 2. The minimum atomic E-state index is -0.343. The van der Waals surface area contributed by atoms with Crippen molar-refractivity contribution in [3.8, 4) is 0 Å². The van der Waals surface area contributed by atoms with Gasteiger partial charge in [0.25, 0.3) is 5.91 Å². The highest BCUT2D eigenvalue weighted by Gasteiger charge is 2.03. The van der Waals surface area contributed by atoms with Crippen LogP contribution in [0.25, 0.3) is 5.70 Å². The van der Waals surface area contributed by atoms with Crippen LogP contribution in [0.4, 0.5) is 14.5 Å². The molecule has 0 heterocycles. The molecule has 114 valence electrons. The lowest BCUT2D eigenvalue weighted by Gasteiger charge is -2.12. The molecular formula is C16H15F2N3O. The fraction of sp³-hybridized carbons (Fsp3) is 0.0625. The fourth-order valence-electron chi connectivity index (χ4n) is 1.66. The monoisotopic (exact) mass is 303 g/mol. The van der Waals surface area contributed by atoms with Crippen LogP contribution in [-0.2, 0) is 4.79 Å². The van der Waals surface area contributed by atoms with Gasteiger partial charge in [0, 0.05) is 5.69 Å². The first-order valence-corrected chi connectivity index (χ1v) is 6.54. The van der Waals surface area contributed by atoms with Gasteiger partial charge in [-0.2, -0.15) is 0 Å². The minimum absolute atomic E-state index is 0.00926. The van der Waals surface area contributed by atoms with Gasteiger partial charge >= 0.3 is 0 Å². The maximum absolute atomic E-state index is 12.8. The Morgan fingerprint density at radius 3 is 2.05 bits per heavy atom. The van der Waals surface area contributed by atoms with Crippen LogP contribution in [0.1, 0.15) is 5.56 Å². The number of carbonyl (C=O) groups is 1. The van der Waals surface area contributed by atoms with Gasteiger partial charge < -0.3 is 5.32 Å². The van der Waals surface area contributed by atoms with E-state index in [0.717, 1.165) is 0 Å². The third kappa shape index (κ3) is 4.59. The molecule has 0 unspecified atom stereocenters. The van der Waals surface area contributed by atoms with E-state index in [1.54, 1.807) is 12.1 Å². The maximum Gasteiger partial charge on any atom is 0.257 e. The number of benzene rings is 2. The number of hydrogen-bond acceptors (Lipinski definition) is 3. The largest absolute Gasteiger partial charge is 0.376 e. The predicted octanol–water partition coefficient (Wildman–Crippen LogP) is 2.67. The summed E-state index contributed by atoms with van der Waals surface area (Å²) in [5.41, 5.74) is 6.84. The summed E-state index contributed by atoms with van der Waals surface area (Å²) in [6, 6.07) is 11.4. The molecule has 0 aliphatic carbocycles. The van der Waals surface area contributed by atoms with Crippen LogP contribution in [0.15, 0.2) is 55.1 Å². The molecule has 0 radical (unpaired) electrons. The van der Waals surface area contributed by atoms with Gasteiger partial charge in [-0.05, 0) is 54.1 Å². The number of amides is 1. The summed E-state index contributed by atoms with van der Waals surface area (Å²) in [7, 11) is 0. The lowest BCUT2D eigenvalue weighted by molar-refractivity contribution is -0.120. The Hall–Kier alpha value is -2.89. The molecule has 0 aliphatic heterocycles. The SMILES string of the molecule is C=C(NNC(=O)CNc1ccc(F)cc1)c1ccc(F)cc1. The van der Waals surface area contributed by atoms with Gasteiger partial charge in [-0.1, -0.05) is 6.58 Å². The number of hydrogen-bond donors (Lipinski definition) is 3. The molecule has 0 bridgehead atoms. The van der Waals surface area contributed by atoms with Crippen molar-refractivity contribution >= 4 is 17.3 Å². The van der Waals surface area contributed by atoms with Crippen molar-refractivity contribution in [3.63, 3.8) is 0 Å². The first kappa shape index (κ1) is 15.5. The lowest BCUT2D eigenvalue weighted by Crippen LogP contribution is -2.39. The second-order valence-corrected chi connectivity index (χ2v) is 4.52. The quantitative estimate of drug-likeness (QED) is 0.719. The van der Waals surface area contributed by atoms with Crippen LogP contribution >= 0.6 is 0 Å². The standard InChI is InChI=1S/C16H15F2N3O/c1-11(12-2-4-13(17)5-3-12)20-21-16(22)10-19-15-8-6-14(18)7-9-15/h2-9,19-20H,1,10H2,(H,21,22). The Morgan fingerprint density at radius 1 is 0.909 bits per heavy atom. The van der Waals surface area contributed by atoms with Crippen molar-refractivity contribution in [3.05, 3.63) is 72.3 Å². The molecule has 1 amide bonds. The second kappa shape index (κ2) is 7.21. The van der Waals surface area contributed by atoms with Crippen molar-refractivity contribution in [2.45, 2.75) is 0 Å². The van der Waals surface area contributed by atoms with Gasteiger partial charge in [-0.3, -0.25) is 15.6 Å². The van der Waals surface area contributed by atoms with Gasteiger partial charge in [0.05, 0.1) is 12.2 Å². The zero-order valence-corrected chi connectivity index (χ0v) is 11.7. The third-order valence-corrected chi connectivity index (χ3v) is 2.84. The van der Waals surface area contributed by atoms with Gasteiger partial charge in [0.2, 0.25) is 0 Å². The maximum atomic E-state index is 12.8. The Kier molecular flexibility index (Phi) is 5.08. The Morgan fingerprint density at radius 2 is 1.45 bits per heavy atom. The molecule has 2 rings (SSSR count). The molecule has 6 heteroatoms. The summed E-state index contributed by atoms with van der Waals surface area (Å²) in [5.74, 6) is -1.01. The van der Waals surface area contributed by atoms with Crippen molar-refractivity contribution in [1.29, 1.82) is 0 Å². The number of nitrogens with one attached hydrogen (secondary N) is 3. The number of carbonyl (C=O) groups excluding carboxylic acids is 1. The van der Waals surface area contributed by atoms with E-state index in [4.69, 9.17) is 0 Å². The summed E-state index contributed by atoms with van der Waals surface area (Å²) < 4.78 is 25.5. The molecule has 0 aliphatic rings. The molecule has 0 fully saturated rings. The van der Waals surface area contributed by atoms with E-state index in [2.05, 4.69) is 22.7 Å². The third-order valence-electron chi connectivity index (χ3n) is 2.84. The second-order valence-electron chi connectivity index (χ2n) is 4.52. The van der Waals surface area contributed by atoms with E-state index in [0.29, 0.717) is 16.9 Å². The highest BCUT2D eigenvalue weighted by molar-refractivity contribution is 5.81. The molecule has 3 N–H and O–H groups in total. The van der Waals surface area contributed by atoms with E-state index >= 15 is 0 Å². The highest BCUT2D eigenvalue weighted by atomic mass is 19.1. The molecule has 2 aromatic rings. The lowest BCUT2D eigenvalue weighted by atomic mass is 10.2. The van der Waals surface area contributed by atoms with Crippen LogP contribution < -0.4 is 16.2 Å². The average molecular weight is 303 g/mol. The Bertz CT molecular complexity index is 654. The molecule has 2 aromatic carbocycles. The van der Waals surface area contributed by atoms with Crippen molar-refractivity contribution in [2.24, 2.45) is 0 Å². The van der Waals surface area contributed by atoms with Crippen molar-refractivity contribution < 1.29 is 13.6 Å². The van der Waals surface area contributed by atoms with Crippen molar-refractivity contribution in [1.82, 2.24) is 10.9 Å². The molecule has 0 atom stereocenters. The zero-order valence-electron chi connectivity index (χ0n) is 11.7. The predicted molar refractivity (Wildman–Crippen MR) is 81.6 cm³/mol. The normalized spacial score (nSPS) is 9.91. The van der Waals surface area contributed by atoms with Crippen molar-refractivity contribution in [2.75, 3.05) is 11.9 Å². The van der Waals surface area contributed by atoms with Crippen LogP contribution in [-0.4, -0.2) is 12.5 Å². The molecular weight excluding hydrogens is 288 g/mol. The molecule has 0 saturated heterocycles. The highest BCUT2D eigenvalue weighted by Crippen LogP contribution is 2.09. The fourth-order valence-corrected chi connectivity index (χ4v) is 1.66. The van der Waals surface area contributed by atoms with Crippen LogP contribution in [0.3, 0.4) is 0 Å². The minimum Gasteiger partial charge on any atom is -0.376 e. The van der Waals surface area contributed by atoms with E-state index in [1.807, 2.05) is 0 Å². The molecule has 0 saturated carbocycles. The average Bonchev–Trinajstić information content (AvgIpc) is 2.52. The van der Waals surface area contributed by atoms with Gasteiger partial charge in [0.1, 0.15) is 11.6 Å². The van der Waals surface area contributed by atoms with Crippen LogP contribution in [0, 0.1) is 11.6 Å². The smallest absolute Gasteiger partial charge is 0.257 e. The van der Waals surface area contributed by atoms with E-state index in [1.165, 1.54) is 36.4 Å². The molecule has 0 aromatic heterocycles. The summed E-state index contributed by atoms with van der Waals surface area (Å²) in [6.45, 7) is 3.75. The molecule has 4 nitrogen and oxygen atoms in total. The summed E-state index contributed by atoms with van der Waals surface area (Å²) in [5, 5.41) is 2.84. The van der Waals surface area contributed by atoms with E-state index in [9.17, 15) is 13.6 Å². The summed E-state index contributed by atoms with van der Waals surface area (Å²) >= 11 is 0. The van der Waals surface area contributed by atoms with E-state index < -0.39 is 0 Å². The Balaban J connectivity index is 1.76. The number of rotatable bonds is 6. The number of anilines is 1. The first-order chi connectivity index (χ1) is 10.5. The van der Waals surface area contributed by atoms with Gasteiger partial charge in [0.15, 0.2) is 0 Å². The molecule has 0 spiro atoms. The van der Waals surface area contributed by atoms with Crippen LogP contribution in [0.5, 0.6) is 0 Å². The van der Waals surface area contributed by atoms with Gasteiger partial charge in [-0.15, -0.1) is 0 Å². The van der Waals surface area contributed by atoms with E-state index in [-0.39, 0.29) is 24.1 Å². The zero-order chi connectivity index (χ0) is 15.9. The number of hydrazine groups is 1. The Labute approximate surface area is 126 Å². The van der Waals surface area contributed by atoms with Gasteiger partial charge in [-0.25, -0.2) is 8.78 Å². The molecule has 22 heavy (non-hydrogen) atoms. The van der Waals surface area contributed by atoms with Crippen LogP contribution in [0.2, 0.25) is 0 Å². The topological polar surface area (TPSA) is 53.2 Å². The first-order valence-electron chi connectivity index (χ1n) is 6.54. The summed E-state index contributed by atoms with van der Waals surface area (Å²) in [4.78, 5) is 11.7.